The minimum absolute atomic E-state index is 0.847. The molecule has 0 aliphatic carbocycles. The summed E-state index contributed by atoms with van der Waals surface area (Å²) in [5.41, 5.74) is 14.4. The zero-order valence-electron chi connectivity index (χ0n) is 31.6. The van der Waals surface area contributed by atoms with E-state index in [1.54, 1.807) is 0 Å². The smallest absolute Gasteiger partial charge is 0.0973 e. The predicted molar refractivity (Wildman–Crippen MR) is 242 cm³/mol. The monoisotopic (exact) mass is 740 g/mol. The first kappa shape index (κ1) is 33.5. The SMILES string of the molecule is c1ccc(-c2nc3cccc(-c4ccc5ccccc5c4)c3nc2-c2ccc(N(c3ccccc3)c3ccc(-n4c5ccccc5c5ccccc54)cc3)cc2)cc1. The van der Waals surface area contributed by atoms with Gasteiger partial charge in [-0.15, -0.1) is 0 Å². The van der Waals surface area contributed by atoms with E-state index in [1.165, 1.54) is 32.6 Å². The Bertz CT molecular complexity index is 3210. The molecule has 0 bridgehead atoms. The predicted octanol–water partition coefficient (Wildman–Crippen LogP) is 14.4. The lowest BCUT2D eigenvalue weighted by Gasteiger charge is -2.26. The minimum atomic E-state index is 0.847. The van der Waals surface area contributed by atoms with Gasteiger partial charge < -0.3 is 9.47 Å². The third kappa shape index (κ3) is 5.78. The number of anilines is 3. The second-order valence-corrected chi connectivity index (χ2v) is 14.6. The van der Waals surface area contributed by atoms with E-state index < -0.39 is 0 Å². The highest BCUT2D eigenvalue weighted by molar-refractivity contribution is 6.09. The van der Waals surface area contributed by atoms with E-state index in [2.05, 4.69) is 222 Å². The van der Waals surface area contributed by atoms with Gasteiger partial charge in [-0.05, 0) is 89.1 Å². The van der Waals surface area contributed by atoms with Gasteiger partial charge in [-0.2, -0.15) is 0 Å². The van der Waals surface area contributed by atoms with Crippen molar-refractivity contribution < 1.29 is 0 Å². The molecule has 11 aromatic rings. The van der Waals surface area contributed by atoms with E-state index in [9.17, 15) is 0 Å². The maximum absolute atomic E-state index is 5.47. The van der Waals surface area contributed by atoms with Crippen LogP contribution in [0.1, 0.15) is 0 Å². The van der Waals surface area contributed by atoms with Crippen LogP contribution in [0.5, 0.6) is 0 Å². The van der Waals surface area contributed by atoms with Crippen molar-refractivity contribution in [3.63, 3.8) is 0 Å². The molecule has 0 N–H and O–H groups in total. The highest BCUT2D eigenvalue weighted by atomic mass is 15.1. The lowest BCUT2D eigenvalue weighted by Crippen LogP contribution is -2.10. The highest BCUT2D eigenvalue weighted by Crippen LogP contribution is 2.40. The molecule has 0 aliphatic heterocycles. The average molecular weight is 741 g/mol. The maximum Gasteiger partial charge on any atom is 0.0973 e. The van der Waals surface area contributed by atoms with Crippen molar-refractivity contribution in [2.75, 3.05) is 4.90 Å². The summed E-state index contributed by atoms with van der Waals surface area (Å²) >= 11 is 0. The number of aromatic nitrogens is 3. The molecule has 4 heteroatoms. The van der Waals surface area contributed by atoms with Crippen LogP contribution in [-0.2, 0) is 0 Å². The van der Waals surface area contributed by atoms with Crippen molar-refractivity contribution in [1.29, 1.82) is 0 Å². The van der Waals surface area contributed by atoms with Crippen LogP contribution in [0.2, 0.25) is 0 Å². The fourth-order valence-corrected chi connectivity index (χ4v) is 8.41. The van der Waals surface area contributed by atoms with Crippen molar-refractivity contribution in [2.24, 2.45) is 0 Å². The van der Waals surface area contributed by atoms with Crippen LogP contribution in [-0.4, -0.2) is 14.5 Å². The molecule has 0 radical (unpaired) electrons. The van der Waals surface area contributed by atoms with E-state index in [0.29, 0.717) is 0 Å². The first-order chi connectivity index (χ1) is 28.8. The molecular formula is C54H36N4. The Hall–Kier alpha value is -7.82. The number of hydrogen-bond acceptors (Lipinski definition) is 3. The molecule has 0 spiro atoms. The summed E-state index contributed by atoms with van der Waals surface area (Å²) in [5.74, 6) is 0. The molecule has 272 valence electrons. The van der Waals surface area contributed by atoms with Gasteiger partial charge in [0.25, 0.3) is 0 Å². The van der Waals surface area contributed by atoms with Crippen molar-refractivity contribution in [3.8, 4) is 39.3 Å². The molecule has 9 aromatic carbocycles. The number of rotatable bonds is 7. The third-order valence-electron chi connectivity index (χ3n) is 11.2. The fraction of sp³-hybridized carbons (Fsp3) is 0. The standard InChI is InChI=1S/C54H36N4/c1-3-15-38(16-4-1)52-53(56-54-46(22-13-23-49(54)55-52)41-27-26-37-14-7-8-17-40(37)36-41)39-28-30-43(31-29-39)57(42-18-5-2-6-19-42)44-32-34-45(35-33-44)58-50-24-11-9-20-47(50)48-21-10-12-25-51(48)58/h1-36H. The molecule has 0 atom stereocenters. The lowest BCUT2D eigenvalue weighted by atomic mass is 9.98. The molecule has 2 heterocycles. The van der Waals surface area contributed by atoms with Crippen LogP contribution in [0, 0.1) is 0 Å². The molecule has 0 aliphatic rings. The van der Waals surface area contributed by atoms with Gasteiger partial charge in [0.2, 0.25) is 0 Å². The Morgan fingerprint density at radius 3 is 1.60 bits per heavy atom. The van der Waals surface area contributed by atoms with Gasteiger partial charge in [0.05, 0.1) is 33.5 Å². The minimum Gasteiger partial charge on any atom is -0.311 e. The van der Waals surface area contributed by atoms with E-state index in [1.807, 2.05) is 6.07 Å². The summed E-state index contributed by atoms with van der Waals surface area (Å²) in [7, 11) is 0. The van der Waals surface area contributed by atoms with Crippen LogP contribution in [0.25, 0.3) is 82.9 Å². The molecule has 58 heavy (non-hydrogen) atoms. The average Bonchev–Trinajstić information content (AvgIpc) is 3.64. The molecule has 0 amide bonds. The third-order valence-corrected chi connectivity index (χ3v) is 11.2. The van der Waals surface area contributed by atoms with Crippen molar-refractivity contribution in [3.05, 3.63) is 218 Å². The maximum atomic E-state index is 5.47. The largest absolute Gasteiger partial charge is 0.311 e. The second kappa shape index (κ2) is 14.0. The first-order valence-corrected chi connectivity index (χ1v) is 19.7. The van der Waals surface area contributed by atoms with Crippen LogP contribution < -0.4 is 4.90 Å². The highest BCUT2D eigenvalue weighted by Gasteiger charge is 2.19. The normalized spacial score (nSPS) is 11.4. The van der Waals surface area contributed by atoms with Gasteiger partial charge in [0, 0.05) is 50.2 Å². The number of benzene rings is 9. The Kier molecular flexibility index (Phi) is 8.11. The van der Waals surface area contributed by atoms with E-state index in [0.717, 1.165) is 67.4 Å². The lowest BCUT2D eigenvalue weighted by molar-refractivity contribution is 1.17. The molecule has 0 saturated heterocycles. The van der Waals surface area contributed by atoms with Crippen molar-refractivity contribution in [1.82, 2.24) is 14.5 Å². The molecule has 0 unspecified atom stereocenters. The summed E-state index contributed by atoms with van der Waals surface area (Å²) in [4.78, 5) is 13.1. The molecule has 4 nitrogen and oxygen atoms in total. The number of hydrogen-bond donors (Lipinski definition) is 0. The summed E-state index contributed by atoms with van der Waals surface area (Å²) < 4.78 is 2.36. The Morgan fingerprint density at radius 2 is 0.897 bits per heavy atom. The zero-order valence-corrected chi connectivity index (χ0v) is 31.6. The Morgan fingerprint density at radius 1 is 0.362 bits per heavy atom. The zero-order chi connectivity index (χ0) is 38.4. The first-order valence-electron chi connectivity index (χ1n) is 19.7. The van der Waals surface area contributed by atoms with Crippen molar-refractivity contribution in [2.45, 2.75) is 0 Å². The number of fused-ring (bicyclic) bond motifs is 5. The van der Waals surface area contributed by atoms with E-state index >= 15 is 0 Å². The number of para-hydroxylation sites is 4. The summed E-state index contributed by atoms with van der Waals surface area (Å²) in [6.07, 6.45) is 0. The summed E-state index contributed by atoms with van der Waals surface area (Å²) in [6, 6.07) is 77.3. The van der Waals surface area contributed by atoms with Crippen LogP contribution >= 0.6 is 0 Å². The van der Waals surface area contributed by atoms with Gasteiger partial charge >= 0.3 is 0 Å². The molecule has 11 rings (SSSR count). The van der Waals surface area contributed by atoms with Crippen LogP contribution in [0.4, 0.5) is 17.1 Å². The quantitative estimate of drug-likeness (QED) is 0.163. The second-order valence-electron chi connectivity index (χ2n) is 14.6. The summed E-state index contributed by atoms with van der Waals surface area (Å²) in [6.45, 7) is 0. The molecule has 0 fully saturated rings. The van der Waals surface area contributed by atoms with E-state index in [-0.39, 0.29) is 0 Å². The van der Waals surface area contributed by atoms with Gasteiger partial charge in [-0.25, -0.2) is 9.97 Å². The topological polar surface area (TPSA) is 34.0 Å². The van der Waals surface area contributed by atoms with Crippen LogP contribution in [0.15, 0.2) is 218 Å². The van der Waals surface area contributed by atoms with Gasteiger partial charge in [0.1, 0.15) is 0 Å². The fourth-order valence-electron chi connectivity index (χ4n) is 8.41. The van der Waals surface area contributed by atoms with Crippen molar-refractivity contribution >= 4 is 60.7 Å². The summed E-state index contributed by atoms with van der Waals surface area (Å²) in [5, 5.41) is 4.92. The van der Waals surface area contributed by atoms with Gasteiger partial charge in [-0.1, -0.05) is 146 Å². The van der Waals surface area contributed by atoms with Crippen LogP contribution in [0.3, 0.4) is 0 Å². The van der Waals surface area contributed by atoms with E-state index in [4.69, 9.17) is 9.97 Å². The van der Waals surface area contributed by atoms with Gasteiger partial charge in [-0.3, -0.25) is 0 Å². The Balaban J connectivity index is 1.02. The van der Waals surface area contributed by atoms with Gasteiger partial charge in [0.15, 0.2) is 0 Å². The number of nitrogens with zero attached hydrogens (tertiary/aromatic N) is 4. The molecular weight excluding hydrogens is 705 g/mol. The molecule has 0 saturated carbocycles. The Labute approximate surface area is 336 Å². The molecule has 2 aromatic heterocycles.